The van der Waals surface area contributed by atoms with Crippen LogP contribution in [0.15, 0.2) is 53.3 Å². The molecule has 1 N–H and O–H groups in total. The summed E-state index contributed by atoms with van der Waals surface area (Å²) in [5.41, 5.74) is -0.215. The van der Waals surface area contributed by atoms with Crippen LogP contribution in [-0.2, 0) is 13.1 Å². The molecule has 0 saturated heterocycles. The molecule has 1 aliphatic rings. The van der Waals surface area contributed by atoms with Crippen molar-refractivity contribution >= 4 is 29.0 Å². The molecule has 0 spiro atoms. The van der Waals surface area contributed by atoms with Gasteiger partial charge in [0.2, 0.25) is 0 Å². The lowest BCUT2D eigenvalue weighted by Crippen LogP contribution is -2.37. The molecule has 0 bridgehead atoms. The van der Waals surface area contributed by atoms with Gasteiger partial charge in [-0.05, 0) is 55.2 Å². The average Bonchev–Trinajstić information content (AvgIpc) is 3.52. The maximum absolute atomic E-state index is 13.2. The fourth-order valence-corrected chi connectivity index (χ4v) is 4.34. The number of rotatable bonds is 9. The second-order valence-electron chi connectivity index (χ2n) is 9.22. The van der Waals surface area contributed by atoms with Crippen molar-refractivity contribution < 1.29 is 23.1 Å². The molecule has 5 rings (SSSR count). The Morgan fingerprint density at radius 2 is 1.77 bits per heavy atom. The monoisotopic (exact) mass is 580 g/mol. The van der Waals surface area contributed by atoms with E-state index < -0.39 is 24.5 Å². The predicted octanol–water partition coefficient (Wildman–Crippen LogP) is 4.55. The SMILES string of the molecule is O=C(CC1CC1)c1nc(Cn2nc(-c3ccc(Cl)cc3)n(C[C@H](O)C(F)(F)F)c2=O)nn1-c1ccccc1Cl. The lowest BCUT2D eigenvalue weighted by molar-refractivity contribution is -0.207. The van der Waals surface area contributed by atoms with Crippen LogP contribution in [0.4, 0.5) is 13.2 Å². The topological polar surface area (TPSA) is 108 Å². The number of aliphatic hydroxyl groups is 1. The van der Waals surface area contributed by atoms with Gasteiger partial charge in [0.25, 0.3) is 0 Å². The molecule has 0 amide bonds. The summed E-state index contributed by atoms with van der Waals surface area (Å²) in [5, 5.41) is 19.0. The Kier molecular flexibility index (Phi) is 7.36. The molecule has 2 aromatic heterocycles. The van der Waals surface area contributed by atoms with Crippen LogP contribution < -0.4 is 5.69 Å². The first-order chi connectivity index (χ1) is 18.5. The molecule has 39 heavy (non-hydrogen) atoms. The van der Waals surface area contributed by atoms with Gasteiger partial charge in [-0.15, -0.1) is 10.2 Å². The molecule has 4 aromatic rings. The number of benzene rings is 2. The van der Waals surface area contributed by atoms with E-state index in [0.29, 0.717) is 21.3 Å². The predicted molar refractivity (Wildman–Crippen MR) is 136 cm³/mol. The Morgan fingerprint density at radius 1 is 1.08 bits per heavy atom. The lowest BCUT2D eigenvalue weighted by atomic mass is 10.2. The van der Waals surface area contributed by atoms with Crippen LogP contribution in [0.3, 0.4) is 0 Å². The smallest absolute Gasteiger partial charge is 0.382 e. The fourth-order valence-electron chi connectivity index (χ4n) is 4.00. The Morgan fingerprint density at radius 3 is 2.41 bits per heavy atom. The van der Waals surface area contributed by atoms with E-state index in [9.17, 15) is 27.9 Å². The minimum atomic E-state index is -4.95. The number of aromatic nitrogens is 6. The molecular weight excluding hydrogens is 560 g/mol. The van der Waals surface area contributed by atoms with Crippen molar-refractivity contribution in [3.05, 3.63) is 80.7 Å². The minimum Gasteiger partial charge on any atom is -0.382 e. The van der Waals surface area contributed by atoms with Crippen molar-refractivity contribution in [1.29, 1.82) is 0 Å². The standard InChI is InChI=1S/C25H21Cl2F3N6O3/c26-16-9-7-15(8-10-16)22-33-35(24(39)34(22)12-20(38)25(28,29)30)13-21-31-23(19(37)11-14-5-6-14)36(32-21)18-4-2-1-3-17(18)27/h1-4,7-10,14,20,38H,5-6,11-13H2/t20-/m0/s1. The Hall–Kier alpha value is -3.48. The van der Waals surface area contributed by atoms with Crippen molar-refractivity contribution in [1.82, 2.24) is 29.1 Å². The fraction of sp³-hybridized carbons (Fsp3) is 0.320. The van der Waals surface area contributed by atoms with Crippen molar-refractivity contribution in [2.75, 3.05) is 0 Å². The van der Waals surface area contributed by atoms with Crippen LogP contribution in [0.2, 0.25) is 10.0 Å². The molecule has 204 valence electrons. The minimum absolute atomic E-state index is 0.0276. The van der Waals surface area contributed by atoms with E-state index in [-0.39, 0.29) is 42.1 Å². The van der Waals surface area contributed by atoms with Gasteiger partial charge in [0.1, 0.15) is 6.54 Å². The maximum Gasteiger partial charge on any atom is 0.416 e. The second-order valence-corrected chi connectivity index (χ2v) is 10.1. The van der Waals surface area contributed by atoms with Gasteiger partial charge in [-0.2, -0.15) is 13.2 Å². The van der Waals surface area contributed by atoms with Crippen LogP contribution >= 0.6 is 23.2 Å². The zero-order valence-electron chi connectivity index (χ0n) is 20.1. The third-order valence-electron chi connectivity index (χ3n) is 6.20. The number of para-hydroxylation sites is 1. The number of hydrogen-bond donors (Lipinski definition) is 1. The molecule has 0 unspecified atom stereocenters. The summed E-state index contributed by atoms with van der Waals surface area (Å²) < 4.78 is 42.3. The van der Waals surface area contributed by atoms with E-state index in [0.717, 1.165) is 22.1 Å². The van der Waals surface area contributed by atoms with E-state index in [1.807, 2.05) is 0 Å². The number of halogens is 5. The van der Waals surface area contributed by atoms with E-state index in [1.54, 1.807) is 24.3 Å². The number of alkyl halides is 3. The van der Waals surface area contributed by atoms with Gasteiger partial charge < -0.3 is 5.11 Å². The van der Waals surface area contributed by atoms with E-state index >= 15 is 0 Å². The first kappa shape index (κ1) is 27.1. The molecule has 9 nitrogen and oxygen atoms in total. The Labute approximate surface area is 229 Å². The highest BCUT2D eigenvalue weighted by atomic mass is 35.5. The van der Waals surface area contributed by atoms with E-state index in [1.165, 1.54) is 28.9 Å². The lowest BCUT2D eigenvalue weighted by Gasteiger charge is -2.15. The third kappa shape index (κ3) is 5.92. The normalized spacial score (nSPS) is 14.5. The van der Waals surface area contributed by atoms with Gasteiger partial charge in [-0.3, -0.25) is 9.36 Å². The van der Waals surface area contributed by atoms with Crippen LogP contribution in [0.1, 0.15) is 35.7 Å². The first-order valence-corrected chi connectivity index (χ1v) is 12.7. The van der Waals surface area contributed by atoms with E-state index in [4.69, 9.17) is 23.2 Å². The van der Waals surface area contributed by atoms with Crippen LogP contribution in [-0.4, -0.2) is 52.3 Å². The maximum atomic E-state index is 13.2. The Bertz CT molecular complexity index is 1580. The summed E-state index contributed by atoms with van der Waals surface area (Å²) in [6.45, 7) is -1.43. The van der Waals surface area contributed by atoms with Gasteiger partial charge in [0.05, 0.1) is 17.3 Å². The quantitative estimate of drug-likeness (QED) is 0.291. The van der Waals surface area contributed by atoms with Gasteiger partial charge in [-0.1, -0.05) is 35.3 Å². The first-order valence-electron chi connectivity index (χ1n) is 11.9. The summed E-state index contributed by atoms with van der Waals surface area (Å²) in [6.07, 6.45) is -5.58. The van der Waals surface area contributed by atoms with Crippen molar-refractivity contribution in [2.45, 2.75) is 44.6 Å². The molecule has 2 heterocycles. The largest absolute Gasteiger partial charge is 0.416 e. The van der Waals surface area contributed by atoms with Gasteiger partial charge in [-0.25, -0.2) is 19.1 Å². The number of ketones is 1. The second kappa shape index (κ2) is 10.6. The summed E-state index contributed by atoms with van der Waals surface area (Å²) in [5.74, 6) is -0.0277. The number of Topliss-reactive ketones (excluding diaryl/α,β-unsaturated/α-hetero) is 1. The molecule has 1 fully saturated rings. The zero-order valence-corrected chi connectivity index (χ0v) is 21.7. The van der Waals surface area contributed by atoms with Gasteiger partial charge in [0, 0.05) is 17.0 Å². The summed E-state index contributed by atoms with van der Waals surface area (Å²) in [7, 11) is 0. The number of carbonyl (C=O) groups excluding carboxylic acids is 1. The van der Waals surface area contributed by atoms with Crippen LogP contribution in [0, 0.1) is 5.92 Å². The average molecular weight is 581 g/mol. The molecule has 14 heteroatoms. The van der Waals surface area contributed by atoms with Crippen molar-refractivity contribution in [3.63, 3.8) is 0 Å². The number of nitrogens with zero attached hydrogens (tertiary/aromatic N) is 6. The van der Waals surface area contributed by atoms with Crippen LogP contribution in [0.5, 0.6) is 0 Å². The van der Waals surface area contributed by atoms with Gasteiger partial charge in [0.15, 0.2) is 29.4 Å². The number of carbonyl (C=O) groups is 1. The van der Waals surface area contributed by atoms with Crippen molar-refractivity contribution in [2.24, 2.45) is 5.92 Å². The molecular formula is C25H21Cl2F3N6O3. The van der Waals surface area contributed by atoms with Crippen LogP contribution in [0.25, 0.3) is 17.1 Å². The molecule has 0 radical (unpaired) electrons. The van der Waals surface area contributed by atoms with E-state index in [2.05, 4.69) is 15.2 Å². The zero-order chi connectivity index (χ0) is 27.9. The van der Waals surface area contributed by atoms with Crippen molar-refractivity contribution in [3.8, 4) is 17.1 Å². The highest BCUT2D eigenvalue weighted by Crippen LogP contribution is 2.34. The highest BCUT2D eigenvalue weighted by Gasteiger charge is 2.39. The number of hydrogen-bond acceptors (Lipinski definition) is 6. The molecule has 0 aliphatic heterocycles. The van der Waals surface area contributed by atoms with Gasteiger partial charge >= 0.3 is 11.9 Å². The molecule has 1 aliphatic carbocycles. The Balaban J connectivity index is 1.55. The summed E-state index contributed by atoms with van der Waals surface area (Å²) in [6, 6.07) is 12.7. The molecule has 1 atom stereocenters. The molecule has 1 saturated carbocycles. The highest BCUT2D eigenvalue weighted by molar-refractivity contribution is 6.32. The summed E-state index contributed by atoms with van der Waals surface area (Å²) >= 11 is 12.3. The molecule has 2 aromatic carbocycles. The summed E-state index contributed by atoms with van der Waals surface area (Å²) in [4.78, 5) is 30.6. The number of aliphatic hydroxyl groups excluding tert-OH is 1. The third-order valence-corrected chi connectivity index (χ3v) is 6.77.